The molecule has 0 aromatic heterocycles. The van der Waals surface area contributed by atoms with E-state index < -0.39 is 6.17 Å². The van der Waals surface area contributed by atoms with E-state index in [1.54, 1.807) is 19.2 Å². The Morgan fingerprint density at radius 3 is 1.56 bits per heavy atom. The summed E-state index contributed by atoms with van der Waals surface area (Å²) in [5, 5.41) is 5.98. The summed E-state index contributed by atoms with van der Waals surface area (Å²) in [5.74, 6) is 0.539. The monoisotopic (exact) mass is 530 g/mol. The SMILES string of the molecule is CCCOc1ccc(C(NC(=O)c2ccc(C(C)(C)C)cc2)NC(=O)c2ccc(C(C)(C)C)cc2)cc1OC. The molecule has 0 bridgehead atoms. The van der Waals surface area contributed by atoms with Crippen molar-refractivity contribution in [3.63, 3.8) is 0 Å². The number of nitrogens with one attached hydrogen (secondary N) is 2. The molecule has 0 saturated carbocycles. The second kappa shape index (κ2) is 12.4. The normalized spacial score (nSPS) is 11.7. The lowest BCUT2D eigenvalue weighted by Gasteiger charge is -2.23. The van der Waals surface area contributed by atoms with E-state index in [4.69, 9.17) is 9.47 Å². The molecule has 3 aromatic carbocycles. The summed E-state index contributed by atoms with van der Waals surface area (Å²) in [6.07, 6.45) is 0.0606. The second-order valence-corrected chi connectivity index (χ2v) is 11.8. The van der Waals surface area contributed by atoms with Crippen molar-refractivity contribution in [2.45, 2.75) is 71.9 Å². The van der Waals surface area contributed by atoms with Gasteiger partial charge in [-0.15, -0.1) is 0 Å². The van der Waals surface area contributed by atoms with E-state index in [1.807, 2.05) is 61.5 Å². The molecule has 0 radical (unpaired) electrons. The first kappa shape index (κ1) is 29.8. The zero-order valence-electron chi connectivity index (χ0n) is 24.5. The molecule has 0 saturated heterocycles. The van der Waals surface area contributed by atoms with E-state index in [2.05, 4.69) is 52.2 Å². The van der Waals surface area contributed by atoms with E-state index in [0.717, 1.165) is 17.5 Å². The molecule has 6 nitrogen and oxygen atoms in total. The Kier molecular flexibility index (Phi) is 9.44. The molecular formula is C33H42N2O4. The van der Waals surface area contributed by atoms with Crippen molar-refractivity contribution in [3.05, 3.63) is 94.5 Å². The van der Waals surface area contributed by atoms with Crippen molar-refractivity contribution in [2.24, 2.45) is 0 Å². The highest BCUT2D eigenvalue weighted by atomic mass is 16.5. The Bertz CT molecular complexity index is 1200. The van der Waals surface area contributed by atoms with Crippen molar-refractivity contribution >= 4 is 11.8 Å². The van der Waals surface area contributed by atoms with E-state index >= 15 is 0 Å². The fourth-order valence-electron chi connectivity index (χ4n) is 4.07. The largest absolute Gasteiger partial charge is 0.493 e. The van der Waals surface area contributed by atoms with Gasteiger partial charge < -0.3 is 20.1 Å². The Hall–Kier alpha value is -3.80. The van der Waals surface area contributed by atoms with Crippen molar-refractivity contribution < 1.29 is 19.1 Å². The lowest BCUT2D eigenvalue weighted by atomic mass is 9.86. The minimum Gasteiger partial charge on any atom is -0.493 e. The number of amides is 2. The Balaban J connectivity index is 1.91. The fraction of sp³-hybridized carbons (Fsp3) is 0.394. The van der Waals surface area contributed by atoms with Crippen molar-refractivity contribution in [2.75, 3.05) is 13.7 Å². The van der Waals surface area contributed by atoms with Crippen LogP contribution in [0.5, 0.6) is 11.5 Å². The zero-order valence-corrected chi connectivity index (χ0v) is 24.5. The molecule has 6 heteroatoms. The summed E-state index contributed by atoms with van der Waals surface area (Å²) >= 11 is 0. The molecule has 208 valence electrons. The van der Waals surface area contributed by atoms with E-state index in [-0.39, 0.29) is 22.6 Å². The Labute approximate surface area is 233 Å². The first-order valence-electron chi connectivity index (χ1n) is 13.5. The third-order valence-corrected chi connectivity index (χ3v) is 6.56. The molecule has 2 amide bonds. The van der Waals surface area contributed by atoms with Gasteiger partial charge in [0.25, 0.3) is 11.8 Å². The van der Waals surface area contributed by atoms with Crippen LogP contribution in [0.3, 0.4) is 0 Å². The molecule has 0 heterocycles. The van der Waals surface area contributed by atoms with Gasteiger partial charge in [-0.3, -0.25) is 9.59 Å². The van der Waals surface area contributed by atoms with Gasteiger partial charge in [-0.2, -0.15) is 0 Å². The van der Waals surface area contributed by atoms with Crippen LogP contribution < -0.4 is 20.1 Å². The maximum Gasteiger partial charge on any atom is 0.253 e. The first-order valence-corrected chi connectivity index (χ1v) is 13.5. The molecule has 39 heavy (non-hydrogen) atoms. The number of methoxy groups -OCH3 is 1. The predicted octanol–water partition coefficient (Wildman–Crippen LogP) is 6.94. The molecule has 3 aromatic rings. The summed E-state index contributed by atoms with van der Waals surface area (Å²) < 4.78 is 11.3. The molecule has 0 unspecified atom stereocenters. The lowest BCUT2D eigenvalue weighted by Crippen LogP contribution is -2.41. The number of carbonyl (C=O) groups is 2. The van der Waals surface area contributed by atoms with Crippen molar-refractivity contribution in [1.29, 1.82) is 0 Å². The smallest absolute Gasteiger partial charge is 0.253 e. The van der Waals surface area contributed by atoms with E-state index in [1.165, 1.54) is 0 Å². The van der Waals surface area contributed by atoms with Crippen LogP contribution in [0.15, 0.2) is 66.7 Å². The highest BCUT2D eigenvalue weighted by Crippen LogP contribution is 2.31. The summed E-state index contributed by atoms with van der Waals surface area (Å²) in [6.45, 7) is 15.4. The molecule has 0 aliphatic rings. The number of benzene rings is 3. The van der Waals surface area contributed by atoms with Crippen molar-refractivity contribution in [3.8, 4) is 11.5 Å². The van der Waals surface area contributed by atoms with Crippen LogP contribution in [0, 0.1) is 0 Å². The van der Waals surface area contributed by atoms with Gasteiger partial charge in [0.2, 0.25) is 0 Å². The van der Waals surface area contributed by atoms with Gasteiger partial charge in [-0.1, -0.05) is 78.8 Å². The van der Waals surface area contributed by atoms with Gasteiger partial charge in [0.15, 0.2) is 11.5 Å². The van der Waals surface area contributed by atoms with Crippen LogP contribution in [0.2, 0.25) is 0 Å². The van der Waals surface area contributed by atoms with Crippen LogP contribution in [0.4, 0.5) is 0 Å². The zero-order chi connectivity index (χ0) is 28.8. The molecule has 0 aliphatic heterocycles. The molecule has 0 fully saturated rings. The maximum absolute atomic E-state index is 13.3. The van der Waals surface area contributed by atoms with Crippen LogP contribution in [-0.4, -0.2) is 25.5 Å². The fourth-order valence-corrected chi connectivity index (χ4v) is 4.07. The third-order valence-electron chi connectivity index (χ3n) is 6.56. The topological polar surface area (TPSA) is 76.7 Å². The lowest BCUT2D eigenvalue weighted by molar-refractivity contribution is 0.0883. The average molecular weight is 531 g/mol. The minimum atomic E-state index is -0.802. The summed E-state index contributed by atoms with van der Waals surface area (Å²) in [7, 11) is 1.57. The molecule has 2 N–H and O–H groups in total. The van der Waals surface area contributed by atoms with Gasteiger partial charge in [-0.25, -0.2) is 0 Å². The van der Waals surface area contributed by atoms with Gasteiger partial charge >= 0.3 is 0 Å². The number of rotatable bonds is 9. The minimum absolute atomic E-state index is 0.0216. The number of ether oxygens (including phenoxy) is 2. The van der Waals surface area contributed by atoms with Crippen LogP contribution >= 0.6 is 0 Å². The summed E-state index contributed by atoms with van der Waals surface area (Å²) in [4.78, 5) is 26.6. The molecule has 0 aliphatic carbocycles. The molecule has 0 atom stereocenters. The van der Waals surface area contributed by atoms with Crippen LogP contribution in [0.25, 0.3) is 0 Å². The van der Waals surface area contributed by atoms with Gasteiger partial charge in [-0.05, 0) is 70.3 Å². The summed E-state index contributed by atoms with van der Waals surface area (Å²) in [6, 6.07) is 20.5. The molecule has 0 spiro atoms. The maximum atomic E-state index is 13.3. The number of hydrogen-bond donors (Lipinski definition) is 2. The van der Waals surface area contributed by atoms with E-state index in [0.29, 0.717) is 34.8 Å². The van der Waals surface area contributed by atoms with Crippen LogP contribution in [0.1, 0.15) is 98.5 Å². The third kappa shape index (κ3) is 7.85. The van der Waals surface area contributed by atoms with Crippen LogP contribution in [-0.2, 0) is 10.8 Å². The summed E-state index contributed by atoms with van der Waals surface area (Å²) in [5.41, 5.74) is 3.90. The standard InChI is InChI=1S/C33H42N2O4/c1-9-20-39-27-19-14-24(21-28(27)38-8)29(34-30(36)22-10-15-25(16-11-22)32(2,3)4)35-31(37)23-12-17-26(18-13-23)33(5,6)7/h10-19,21,29H,9,20H2,1-8H3,(H,34,36)(H,35,37). The van der Waals surface area contributed by atoms with Gasteiger partial charge in [0, 0.05) is 11.1 Å². The van der Waals surface area contributed by atoms with Gasteiger partial charge in [0.1, 0.15) is 6.17 Å². The van der Waals surface area contributed by atoms with E-state index in [9.17, 15) is 9.59 Å². The first-order chi connectivity index (χ1) is 18.3. The Morgan fingerprint density at radius 2 is 1.18 bits per heavy atom. The quantitative estimate of drug-likeness (QED) is 0.294. The Morgan fingerprint density at radius 1 is 0.718 bits per heavy atom. The highest BCUT2D eigenvalue weighted by Gasteiger charge is 2.22. The number of carbonyl (C=O) groups excluding carboxylic acids is 2. The molecular weight excluding hydrogens is 488 g/mol. The number of hydrogen-bond acceptors (Lipinski definition) is 4. The molecule has 3 rings (SSSR count). The average Bonchev–Trinajstić information content (AvgIpc) is 2.90. The van der Waals surface area contributed by atoms with Gasteiger partial charge in [0.05, 0.1) is 13.7 Å². The second-order valence-electron chi connectivity index (χ2n) is 11.8. The predicted molar refractivity (Wildman–Crippen MR) is 157 cm³/mol. The highest BCUT2D eigenvalue weighted by molar-refractivity contribution is 5.97. The van der Waals surface area contributed by atoms with Crippen molar-refractivity contribution in [1.82, 2.24) is 10.6 Å².